The predicted molar refractivity (Wildman–Crippen MR) is 38.0 cm³/mol. The topological polar surface area (TPSA) is 101 Å². The van der Waals surface area contributed by atoms with Crippen LogP contribution in [0.4, 0.5) is 0 Å². The average Bonchev–Trinajstić information content (AvgIpc) is 1.87. The summed E-state index contributed by atoms with van der Waals surface area (Å²) < 4.78 is 4.56. The maximum atomic E-state index is 10.6. The summed E-state index contributed by atoms with van der Waals surface area (Å²) in [6.07, 6.45) is -0.115. The first-order valence-corrected chi connectivity index (χ1v) is 3.05. The number of esters is 1. The smallest absolute Gasteiger partial charge is 0.313 e. The highest BCUT2D eigenvalue weighted by Crippen LogP contribution is 1.86. The van der Waals surface area contributed by atoms with Gasteiger partial charge in [0.2, 0.25) is 0 Å². The average molecular weight is 158 g/mol. The van der Waals surface area contributed by atoms with Crippen molar-refractivity contribution in [1.29, 1.82) is 5.53 Å². The molecular formula is C5H10N4O2. The van der Waals surface area contributed by atoms with Gasteiger partial charge in [-0.3, -0.25) is 4.79 Å². The van der Waals surface area contributed by atoms with Gasteiger partial charge in [-0.15, -0.1) is 5.10 Å². The number of hydrogen-bond acceptors (Lipinski definition) is 4. The highest BCUT2D eigenvalue weighted by molar-refractivity contribution is 5.96. The van der Waals surface area contributed by atoms with E-state index in [1.165, 1.54) is 0 Å². The van der Waals surface area contributed by atoms with Crippen LogP contribution in [0.5, 0.6) is 0 Å². The van der Waals surface area contributed by atoms with Crippen molar-refractivity contribution in [1.82, 2.24) is 0 Å². The second-order valence-electron chi connectivity index (χ2n) is 1.67. The summed E-state index contributed by atoms with van der Waals surface area (Å²) in [4.78, 5) is 10.6. The summed E-state index contributed by atoms with van der Waals surface area (Å²) in [7, 11) is 0. The number of carbonyl (C=O) groups excluding carboxylic acids is 1. The van der Waals surface area contributed by atoms with Crippen LogP contribution in [0.2, 0.25) is 0 Å². The van der Waals surface area contributed by atoms with Gasteiger partial charge in [-0.1, -0.05) is 5.22 Å². The molecule has 0 atom stereocenters. The minimum atomic E-state index is -0.461. The number of rotatable bonds is 4. The summed E-state index contributed by atoms with van der Waals surface area (Å²) in [5, 5.41) is 5.79. The molecule has 0 rings (SSSR count). The predicted octanol–water partition coefficient (Wildman–Crippen LogP) is 0.243. The summed E-state index contributed by atoms with van der Waals surface area (Å²) in [6, 6.07) is 0. The fourth-order valence-corrected chi connectivity index (χ4v) is 0.459. The second-order valence-corrected chi connectivity index (χ2v) is 1.67. The standard InChI is InChI=1S/C5H10N4O2/c1-2-11-5(10)3-4(6)8-9-7/h2-3H2,1H3,(H3,6,7,8). The minimum Gasteiger partial charge on any atom is -0.466 e. The molecule has 6 heteroatoms. The van der Waals surface area contributed by atoms with Crippen LogP contribution < -0.4 is 5.73 Å². The summed E-state index contributed by atoms with van der Waals surface area (Å²) in [5.74, 6) is -0.476. The van der Waals surface area contributed by atoms with Gasteiger partial charge in [-0.25, -0.2) is 0 Å². The first-order valence-electron chi connectivity index (χ1n) is 3.05. The number of nitrogens with two attached hydrogens (primary N) is 1. The van der Waals surface area contributed by atoms with Gasteiger partial charge in [0.25, 0.3) is 0 Å². The first-order chi connectivity index (χ1) is 5.20. The first kappa shape index (κ1) is 9.54. The van der Waals surface area contributed by atoms with Crippen LogP contribution in [-0.4, -0.2) is 18.4 Å². The van der Waals surface area contributed by atoms with E-state index in [4.69, 9.17) is 11.3 Å². The molecule has 0 heterocycles. The fraction of sp³-hybridized carbons (Fsp3) is 0.600. The molecule has 0 bridgehead atoms. The van der Waals surface area contributed by atoms with Crippen molar-refractivity contribution in [2.75, 3.05) is 6.61 Å². The molecule has 0 aromatic heterocycles. The molecule has 3 N–H and O–H groups in total. The molecule has 0 aromatic rings. The van der Waals surface area contributed by atoms with Gasteiger partial charge in [-0.05, 0) is 6.92 Å². The van der Waals surface area contributed by atoms with Gasteiger partial charge in [0.1, 0.15) is 12.3 Å². The third-order valence-corrected chi connectivity index (χ3v) is 0.809. The van der Waals surface area contributed by atoms with E-state index in [9.17, 15) is 4.79 Å². The maximum Gasteiger partial charge on any atom is 0.313 e. The fourth-order valence-electron chi connectivity index (χ4n) is 0.459. The largest absolute Gasteiger partial charge is 0.466 e. The zero-order chi connectivity index (χ0) is 8.69. The van der Waals surface area contributed by atoms with E-state index in [1.807, 2.05) is 0 Å². The SMILES string of the molecule is CCOC(=O)C/C(N)=N\N=N. The lowest BCUT2D eigenvalue weighted by molar-refractivity contribution is -0.141. The van der Waals surface area contributed by atoms with Gasteiger partial charge in [0, 0.05) is 0 Å². The Balaban J connectivity index is 3.74. The Kier molecular flexibility index (Phi) is 4.63. The summed E-state index contributed by atoms with van der Waals surface area (Å²) in [5.41, 5.74) is 11.4. The summed E-state index contributed by atoms with van der Waals surface area (Å²) in [6.45, 7) is 2.00. The molecule has 0 fully saturated rings. The highest BCUT2D eigenvalue weighted by atomic mass is 16.5. The number of hydrogen-bond donors (Lipinski definition) is 2. The zero-order valence-corrected chi connectivity index (χ0v) is 6.20. The Bertz CT molecular complexity index is 177. The number of ether oxygens (including phenoxy) is 1. The minimum absolute atomic E-state index is 0.0153. The zero-order valence-electron chi connectivity index (χ0n) is 6.20. The maximum absolute atomic E-state index is 10.6. The molecule has 0 aliphatic heterocycles. The normalized spacial score (nSPS) is 10.8. The molecule has 0 aliphatic carbocycles. The van der Waals surface area contributed by atoms with Gasteiger partial charge in [-0.2, -0.15) is 5.53 Å². The Morgan fingerprint density at radius 1 is 1.73 bits per heavy atom. The summed E-state index contributed by atoms with van der Waals surface area (Å²) >= 11 is 0. The Morgan fingerprint density at radius 3 is 2.82 bits per heavy atom. The monoisotopic (exact) mass is 158 g/mol. The molecule has 0 aromatic carbocycles. The number of amidine groups is 1. The number of nitrogens with one attached hydrogen (secondary N) is 1. The van der Waals surface area contributed by atoms with Gasteiger partial charge >= 0.3 is 5.97 Å². The lowest BCUT2D eigenvalue weighted by atomic mass is 10.4. The van der Waals surface area contributed by atoms with Gasteiger partial charge in [0.15, 0.2) is 0 Å². The van der Waals surface area contributed by atoms with Gasteiger partial charge < -0.3 is 10.5 Å². The van der Waals surface area contributed by atoms with Crippen molar-refractivity contribution >= 4 is 11.8 Å². The molecule has 0 saturated carbocycles. The molecule has 62 valence electrons. The van der Waals surface area contributed by atoms with Crippen molar-refractivity contribution in [3.05, 3.63) is 0 Å². The van der Waals surface area contributed by atoms with Gasteiger partial charge in [0.05, 0.1) is 6.61 Å². The molecule has 11 heavy (non-hydrogen) atoms. The van der Waals surface area contributed by atoms with Crippen LogP contribution in [-0.2, 0) is 9.53 Å². The lowest BCUT2D eigenvalue weighted by Gasteiger charge is -1.98. The Morgan fingerprint density at radius 2 is 2.36 bits per heavy atom. The van der Waals surface area contributed by atoms with Crippen LogP contribution >= 0.6 is 0 Å². The quantitative estimate of drug-likeness (QED) is 0.201. The van der Waals surface area contributed by atoms with E-state index in [0.717, 1.165) is 0 Å². The number of carbonyl (C=O) groups is 1. The van der Waals surface area contributed by atoms with Crippen molar-refractivity contribution < 1.29 is 9.53 Å². The molecule has 6 nitrogen and oxygen atoms in total. The molecule has 0 aliphatic rings. The molecular weight excluding hydrogens is 148 g/mol. The highest BCUT2D eigenvalue weighted by Gasteiger charge is 2.03. The van der Waals surface area contributed by atoms with Crippen LogP contribution in [0.15, 0.2) is 10.3 Å². The number of nitrogens with zero attached hydrogens (tertiary/aromatic N) is 2. The molecule has 0 amide bonds. The van der Waals surface area contributed by atoms with E-state index in [-0.39, 0.29) is 12.3 Å². The van der Waals surface area contributed by atoms with Crippen molar-refractivity contribution in [2.45, 2.75) is 13.3 Å². The van der Waals surface area contributed by atoms with E-state index in [0.29, 0.717) is 6.61 Å². The van der Waals surface area contributed by atoms with E-state index in [2.05, 4.69) is 15.1 Å². The van der Waals surface area contributed by atoms with Crippen molar-refractivity contribution in [3.8, 4) is 0 Å². The molecule has 0 radical (unpaired) electrons. The molecule has 0 spiro atoms. The Hall–Kier alpha value is -1.46. The second kappa shape index (κ2) is 5.33. The lowest BCUT2D eigenvalue weighted by Crippen LogP contribution is -2.18. The van der Waals surface area contributed by atoms with Crippen molar-refractivity contribution in [2.24, 2.45) is 16.1 Å². The van der Waals surface area contributed by atoms with Crippen LogP contribution in [0.1, 0.15) is 13.3 Å². The van der Waals surface area contributed by atoms with E-state index in [1.54, 1.807) is 6.92 Å². The third kappa shape index (κ3) is 5.01. The third-order valence-electron chi connectivity index (χ3n) is 0.809. The van der Waals surface area contributed by atoms with Crippen LogP contribution in [0.3, 0.4) is 0 Å². The van der Waals surface area contributed by atoms with E-state index < -0.39 is 5.97 Å². The van der Waals surface area contributed by atoms with E-state index >= 15 is 0 Å². The molecule has 0 unspecified atom stereocenters. The Labute approximate surface area is 63.9 Å². The van der Waals surface area contributed by atoms with Crippen molar-refractivity contribution in [3.63, 3.8) is 0 Å². The van der Waals surface area contributed by atoms with Crippen LogP contribution in [0.25, 0.3) is 0 Å². The van der Waals surface area contributed by atoms with Crippen LogP contribution in [0, 0.1) is 5.53 Å². The molecule has 0 saturated heterocycles.